The third-order valence-corrected chi connectivity index (χ3v) is 18.4. The number of aliphatic imine (C=N–C) groups is 1. The van der Waals surface area contributed by atoms with Gasteiger partial charge in [-0.25, -0.2) is 0 Å². The number of aliphatic hydroxyl groups excluding tert-OH is 3. The number of nitrogens with two attached hydrogens (primary N) is 2. The van der Waals surface area contributed by atoms with Crippen LogP contribution in [0.1, 0.15) is 136 Å². The average Bonchev–Trinajstić information content (AvgIpc) is 4.05. The van der Waals surface area contributed by atoms with Crippen LogP contribution in [-0.4, -0.2) is 101 Å². The molecule has 1 aromatic carbocycles. The van der Waals surface area contributed by atoms with Crippen LogP contribution in [0.3, 0.4) is 0 Å². The van der Waals surface area contributed by atoms with Crippen molar-refractivity contribution in [2.45, 2.75) is 153 Å². The van der Waals surface area contributed by atoms with Crippen molar-refractivity contribution >= 4 is 27.5 Å². The van der Waals surface area contributed by atoms with Gasteiger partial charge >= 0.3 is 0 Å². The number of fused-ring (bicyclic) bond motifs is 4. The van der Waals surface area contributed by atoms with Crippen LogP contribution in [-0.2, 0) is 32.3 Å². The van der Waals surface area contributed by atoms with Crippen molar-refractivity contribution in [2.24, 2.45) is 52.0 Å². The van der Waals surface area contributed by atoms with Gasteiger partial charge in [-0.1, -0.05) is 60.3 Å². The average molecular weight is 966 g/mol. The lowest BCUT2D eigenvalue weighted by molar-refractivity contribution is 0.103. The Kier molecular flexibility index (Phi) is 19.6. The van der Waals surface area contributed by atoms with Gasteiger partial charge in [0.05, 0.1) is 12.7 Å². The molecule has 374 valence electrons. The number of phenolic OH excluding ortho intramolecular Hbond substituents is 1. The maximum absolute atomic E-state index is 11.5. The number of aryl methyl sites for hydroxylation is 4. The number of aromatic amines is 1. The number of nitrogens with zero attached hydrogens (tertiary/aromatic N) is 1. The molecule has 0 unspecified atom stereocenters. The van der Waals surface area contributed by atoms with E-state index in [1.807, 2.05) is 53.8 Å². The summed E-state index contributed by atoms with van der Waals surface area (Å²) in [6.45, 7) is 5.42. The first kappa shape index (κ1) is 51.9. The van der Waals surface area contributed by atoms with Gasteiger partial charge in [-0.05, 0) is 143 Å². The summed E-state index contributed by atoms with van der Waals surface area (Å²) >= 11 is 0. The largest absolute Gasteiger partial charge is 0.504 e. The fourth-order valence-electron chi connectivity index (χ4n) is 12.0. The van der Waals surface area contributed by atoms with Crippen LogP contribution in [0.2, 0.25) is 0 Å². The Balaban J connectivity index is 0.912. The van der Waals surface area contributed by atoms with E-state index < -0.39 is 12.2 Å². The summed E-state index contributed by atoms with van der Waals surface area (Å²) in [5.41, 5.74) is 18.0. The monoisotopic (exact) mass is 966 g/mol. The van der Waals surface area contributed by atoms with Crippen molar-refractivity contribution < 1.29 is 29.6 Å². The molecule has 3 heterocycles. The highest BCUT2D eigenvalue weighted by Crippen LogP contribution is 2.49. The molecule has 0 radical (unpaired) electrons. The molecule has 7 rings (SSSR count). The molecule has 13 nitrogen and oxygen atoms in total. The second-order valence-electron chi connectivity index (χ2n) is 20.6. The van der Waals surface area contributed by atoms with Crippen LogP contribution >= 0.6 is 21.6 Å². The first-order valence-electron chi connectivity index (χ1n) is 25.5. The highest BCUT2D eigenvalue weighted by molar-refractivity contribution is 8.76. The fraction of sp³-hybridized carbons (Fsp3) is 0.712. The lowest BCUT2D eigenvalue weighted by atomic mass is 9.68. The number of rotatable bonds is 20. The molecule has 2 bridgehead atoms. The minimum atomic E-state index is -0.908. The number of ether oxygens (including phenoxy) is 1. The number of hydrogen-bond acceptors (Lipinski definition) is 12. The number of H-pyrrole nitrogens is 1. The van der Waals surface area contributed by atoms with Crippen molar-refractivity contribution in [3.05, 3.63) is 69.9 Å². The zero-order valence-corrected chi connectivity index (χ0v) is 42.3. The highest BCUT2D eigenvalue weighted by atomic mass is 33.1. The number of nitrogens with one attached hydrogen (secondary N) is 4. The molecule has 1 saturated heterocycles. The molecule has 12 N–H and O–H groups in total. The van der Waals surface area contributed by atoms with E-state index in [1.54, 1.807) is 13.1 Å². The minimum absolute atomic E-state index is 0.00955. The maximum Gasteiger partial charge on any atom is 0.188 e. The number of likely N-dealkylation sites (N-methyl/N-ethyl adjacent to an activating group) is 1. The quantitative estimate of drug-likeness (QED) is 0.0237. The lowest BCUT2D eigenvalue weighted by Gasteiger charge is -2.40. The van der Waals surface area contributed by atoms with Crippen LogP contribution < -0.4 is 32.2 Å². The molecule has 12 atom stereocenters. The Morgan fingerprint density at radius 1 is 0.985 bits per heavy atom. The van der Waals surface area contributed by atoms with E-state index in [-0.39, 0.29) is 37.0 Å². The molecule has 3 fully saturated rings. The maximum atomic E-state index is 11.5. The highest BCUT2D eigenvalue weighted by Gasteiger charge is 2.42. The SMILES string of the molecule is CN=C(N)N[C@@H]1CSSC[C@H]2C[C@@H](CC[C@H]1C)[C@H](CCCCc1oc(CCc3ccc(O)c(OC[C@H](O)c4cc5c([nH]4)CC[C@H]4CCC[C@@H]4[C@@H]5[C@H](CNC)NC[C@H](C)O)c3)cc1CO)C[C@@H]2N. The molecule has 2 aromatic heterocycles. The molecular weight excluding hydrogens is 883 g/mol. The summed E-state index contributed by atoms with van der Waals surface area (Å²) in [6.07, 6.45) is 14.5. The number of guanidine groups is 1. The smallest absolute Gasteiger partial charge is 0.188 e. The number of unbranched alkanes of at least 4 members (excludes halogenated alkanes) is 1. The molecule has 2 saturated carbocycles. The number of furan rings is 1. The molecule has 0 amide bonds. The van der Waals surface area contributed by atoms with Gasteiger partial charge in [0.15, 0.2) is 17.5 Å². The van der Waals surface area contributed by atoms with Crippen LogP contribution in [0.15, 0.2) is 39.7 Å². The van der Waals surface area contributed by atoms with Gasteiger partial charge < -0.3 is 62.0 Å². The zero-order valence-electron chi connectivity index (χ0n) is 40.7. The Bertz CT molecular complexity index is 2010. The fourth-order valence-corrected chi connectivity index (χ4v) is 14.9. The van der Waals surface area contributed by atoms with Crippen molar-refractivity contribution in [3.63, 3.8) is 0 Å². The molecule has 4 aliphatic rings. The third kappa shape index (κ3) is 13.9. The van der Waals surface area contributed by atoms with Crippen LogP contribution in [0.25, 0.3) is 0 Å². The number of hydrogen-bond donors (Lipinski definition) is 10. The predicted molar refractivity (Wildman–Crippen MR) is 274 cm³/mol. The van der Waals surface area contributed by atoms with Crippen LogP contribution in [0.5, 0.6) is 11.5 Å². The Labute approximate surface area is 408 Å². The molecular formula is C52H83N7O6S2. The van der Waals surface area contributed by atoms with Gasteiger partial charge in [-0.3, -0.25) is 4.99 Å². The Morgan fingerprint density at radius 3 is 2.61 bits per heavy atom. The van der Waals surface area contributed by atoms with E-state index in [4.69, 9.17) is 20.6 Å². The van der Waals surface area contributed by atoms with E-state index >= 15 is 0 Å². The van der Waals surface area contributed by atoms with Crippen LogP contribution in [0, 0.1) is 35.5 Å². The summed E-state index contributed by atoms with van der Waals surface area (Å²) in [7, 11) is 7.62. The molecule has 1 aliphatic heterocycles. The van der Waals surface area contributed by atoms with Crippen LogP contribution in [0.4, 0.5) is 0 Å². The molecule has 0 spiro atoms. The summed E-state index contributed by atoms with van der Waals surface area (Å²) in [5.74, 6) is 8.56. The van der Waals surface area contributed by atoms with E-state index in [1.165, 1.54) is 49.8 Å². The third-order valence-electron chi connectivity index (χ3n) is 15.9. The van der Waals surface area contributed by atoms with Crippen molar-refractivity contribution in [3.8, 4) is 11.5 Å². The molecule has 3 aromatic rings. The Morgan fingerprint density at radius 2 is 1.82 bits per heavy atom. The van der Waals surface area contributed by atoms with Gasteiger partial charge in [0, 0.05) is 85.5 Å². The second kappa shape index (κ2) is 25.3. The van der Waals surface area contributed by atoms with E-state index in [0.29, 0.717) is 72.6 Å². The van der Waals surface area contributed by atoms with Gasteiger partial charge in [0.1, 0.15) is 24.2 Å². The number of benzene rings is 1. The Hall–Kier alpha value is -2.89. The van der Waals surface area contributed by atoms with Crippen molar-refractivity contribution in [1.29, 1.82) is 0 Å². The first-order valence-corrected chi connectivity index (χ1v) is 28.0. The van der Waals surface area contributed by atoms with Crippen molar-refractivity contribution in [2.75, 3.05) is 45.3 Å². The van der Waals surface area contributed by atoms with Crippen molar-refractivity contribution in [1.82, 2.24) is 20.9 Å². The van der Waals surface area contributed by atoms with E-state index in [0.717, 1.165) is 91.3 Å². The molecule has 3 aliphatic carbocycles. The van der Waals surface area contributed by atoms with Gasteiger partial charge in [-0.2, -0.15) is 0 Å². The second-order valence-corrected chi connectivity index (χ2v) is 23.1. The van der Waals surface area contributed by atoms with Gasteiger partial charge in [-0.15, -0.1) is 0 Å². The number of aliphatic hydroxyl groups is 3. The predicted octanol–water partition coefficient (Wildman–Crippen LogP) is 7.10. The normalized spacial score (nSPS) is 28.4. The van der Waals surface area contributed by atoms with E-state index in [9.17, 15) is 20.4 Å². The minimum Gasteiger partial charge on any atom is -0.504 e. The standard InChI is InChI=1S/C52H83N7O6S2/c1-31-12-15-36-21-38(29-66-67-30-46(31)59-52(54)56-4)42(53)23-35(36)8-5-6-11-49-37(27-60)22-39(65-49)17-13-33-14-19-47(62)50(20-33)64-28-48(63)44-24-41-43(58-44)18-16-34-9-7-10-40(34)51(41)45(26-55-3)57-25-32(2)61/h14,19-20,22,24,31-32,34-36,38,40,42,45-46,48,51,55,57-58,60-63H,5-13,15-18,21,23,25-30,53H2,1-4H3,(H3,54,56,59)/t31-,32+,34-,35-,36-,38-,40+,42+,45+,46-,48+,51+/m1/s1. The van der Waals surface area contributed by atoms with Gasteiger partial charge in [0.25, 0.3) is 0 Å². The molecule has 67 heavy (non-hydrogen) atoms. The number of aromatic hydroxyl groups is 1. The number of phenols is 1. The molecule has 15 heteroatoms. The summed E-state index contributed by atoms with van der Waals surface area (Å²) in [6, 6.07) is 10.2. The first-order chi connectivity index (χ1) is 32.4. The summed E-state index contributed by atoms with van der Waals surface area (Å²) < 4.78 is 12.5. The number of aromatic nitrogens is 1. The van der Waals surface area contributed by atoms with Gasteiger partial charge in [0.2, 0.25) is 0 Å². The summed E-state index contributed by atoms with van der Waals surface area (Å²) in [5, 5.41) is 53.2. The lowest BCUT2D eigenvalue weighted by Crippen LogP contribution is -2.47. The topological polar surface area (TPSA) is 220 Å². The zero-order chi connectivity index (χ0) is 47.5. The summed E-state index contributed by atoms with van der Waals surface area (Å²) in [4.78, 5) is 7.75. The van der Waals surface area contributed by atoms with E-state index in [2.05, 4.69) is 38.9 Å².